The van der Waals surface area contributed by atoms with Gasteiger partial charge in [-0.3, -0.25) is 9.59 Å². The van der Waals surface area contributed by atoms with Gasteiger partial charge in [-0.2, -0.15) is 0 Å². The Morgan fingerprint density at radius 2 is 1.67 bits per heavy atom. The average Bonchev–Trinajstić information content (AvgIpc) is 2.71. The second kappa shape index (κ2) is 7.23. The molecule has 2 atom stereocenters. The molecule has 4 heteroatoms. The molecule has 1 N–H and O–H groups in total. The molecule has 1 fully saturated rings. The van der Waals surface area contributed by atoms with Crippen LogP contribution >= 0.6 is 0 Å². The standard InChI is InChI=1S/C23H22N2O2/c1-25-21(26)15-14-19(22(25)17-9-3-2-4-10-17)23(27)24-20-13-7-11-16-8-5-6-12-18(16)20/h2-13,19,22H,14-15H2,1H3,(H,24,27)/t19-,22+/m0/s1. The predicted molar refractivity (Wildman–Crippen MR) is 107 cm³/mol. The molecule has 3 aromatic carbocycles. The van der Waals surface area contributed by atoms with Gasteiger partial charge in [0.2, 0.25) is 11.8 Å². The molecule has 1 heterocycles. The number of piperidine rings is 1. The van der Waals surface area contributed by atoms with E-state index in [4.69, 9.17) is 0 Å². The number of hydrogen-bond donors (Lipinski definition) is 1. The summed E-state index contributed by atoms with van der Waals surface area (Å²) in [4.78, 5) is 27.2. The lowest BCUT2D eigenvalue weighted by Crippen LogP contribution is -2.44. The maximum absolute atomic E-state index is 13.2. The SMILES string of the molecule is CN1C(=O)CC[C@H](C(=O)Nc2cccc3ccccc23)[C@H]1c1ccccc1. The number of nitrogens with zero attached hydrogens (tertiary/aromatic N) is 1. The van der Waals surface area contributed by atoms with Gasteiger partial charge in [0.05, 0.1) is 12.0 Å². The maximum atomic E-state index is 13.2. The van der Waals surface area contributed by atoms with Gasteiger partial charge < -0.3 is 10.2 Å². The van der Waals surface area contributed by atoms with Crippen molar-refractivity contribution in [2.24, 2.45) is 5.92 Å². The molecule has 1 saturated heterocycles. The first-order chi connectivity index (χ1) is 13.1. The van der Waals surface area contributed by atoms with Gasteiger partial charge in [-0.05, 0) is 23.4 Å². The first-order valence-corrected chi connectivity index (χ1v) is 9.24. The van der Waals surface area contributed by atoms with E-state index in [1.807, 2.05) is 72.8 Å². The summed E-state index contributed by atoms with van der Waals surface area (Å²) in [5.41, 5.74) is 1.80. The van der Waals surface area contributed by atoms with E-state index in [9.17, 15) is 9.59 Å². The van der Waals surface area contributed by atoms with Gasteiger partial charge in [0, 0.05) is 24.5 Å². The number of rotatable bonds is 3. The van der Waals surface area contributed by atoms with Crippen LogP contribution in [0.5, 0.6) is 0 Å². The smallest absolute Gasteiger partial charge is 0.229 e. The number of fused-ring (bicyclic) bond motifs is 1. The van der Waals surface area contributed by atoms with Crippen LogP contribution in [0.2, 0.25) is 0 Å². The highest BCUT2D eigenvalue weighted by atomic mass is 16.2. The first-order valence-electron chi connectivity index (χ1n) is 9.24. The topological polar surface area (TPSA) is 49.4 Å². The Hall–Kier alpha value is -3.14. The highest BCUT2D eigenvalue weighted by molar-refractivity contribution is 6.03. The van der Waals surface area contributed by atoms with Crippen molar-refractivity contribution >= 4 is 28.3 Å². The highest BCUT2D eigenvalue weighted by Crippen LogP contribution is 2.36. The highest BCUT2D eigenvalue weighted by Gasteiger charge is 2.38. The molecule has 27 heavy (non-hydrogen) atoms. The van der Waals surface area contributed by atoms with Crippen molar-refractivity contribution < 1.29 is 9.59 Å². The fourth-order valence-electron chi connectivity index (χ4n) is 3.98. The van der Waals surface area contributed by atoms with Gasteiger partial charge in [-0.1, -0.05) is 66.7 Å². The fourth-order valence-corrected chi connectivity index (χ4v) is 3.98. The molecule has 0 aromatic heterocycles. The summed E-state index contributed by atoms with van der Waals surface area (Å²) in [5, 5.41) is 5.22. The average molecular weight is 358 g/mol. The zero-order chi connectivity index (χ0) is 18.8. The number of carbonyl (C=O) groups is 2. The summed E-state index contributed by atoms with van der Waals surface area (Å²) >= 11 is 0. The predicted octanol–water partition coefficient (Wildman–Crippen LogP) is 4.39. The van der Waals surface area contributed by atoms with Crippen LogP contribution in [0.25, 0.3) is 10.8 Å². The molecule has 3 aromatic rings. The van der Waals surface area contributed by atoms with E-state index < -0.39 is 0 Å². The molecule has 1 aliphatic heterocycles. The second-order valence-corrected chi connectivity index (χ2v) is 7.02. The quantitative estimate of drug-likeness (QED) is 0.755. The lowest BCUT2D eigenvalue weighted by molar-refractivity contribution is -0.140. The van der Waals surface area contributed by atoms with Crippen molar-refractivity contribution in [3.05, 3.63) is 78.4 Å². The fraction of sp³-hybridized carbons (Fsp3) is 0.217. The van der Waals surface area contributed by atoms with Crippen molar-refractivity contribution in [3.8, 4) is 0 Å². The van der Waals surface area contributed by atoms with Crippen LogP contribution in [0.15, 0.2) is 72.8 Å². The van der Waals surface area contributed by atoms with E-state index in [0.717, 1.165) is 22.0 Å². The molecule has 0 bridgehead atoms. The third kappa shape index (κ3) is 3.31. The van der Waals surface area contributed by atoms with Crippen molar-refractivity contribution in [1.29, 1.82) is 0 Å². The van der Waals surface area contributed by atoms with E-state index in [0.29, 0.717) is 12.8 Å². The van der Waals surface area contributed by atoms with Crippen LogP contribution in [0.3, 0.4) is 0 Å². The lowest BCUT2D eigenvalue weighted by atomic mass is 9.84. The van der Waals surface area contributed by atoms with Crippen LogP contribution in [-0.4, -0.2) is 23.8 Å². The van der Waals surface area contributed by atoms with Crippen molar-refractivity contribution in [1.82, 2.24) is 4.90 Å². The summed E-state index contributed by atoms with van der Waals surface area (Å²) in [7, 11) is 1.79. The lowest BCUT2D eigenvalue weighted by Gasteiger charge is -2.38. The Morgan fingerprint density at radius 3 is 2.48 bits per heavy atom. The Labute approximate surface area is 158 Å². The van der Waals surface area contributed by atoms with Gasteiger partial charge in [-0.25, -0.2) is 0 Å². The van der Waals surface area contributed by atoms with E-state index in [2.05, 4.69) is 5.32 Å². The van der Waals surface area contributed by atoms with Crippen molar-refractivity contribution in [2.45, 2.75) is 18.9 Å². The Bertz CT molecular complexity index is 979. The van der Waals surface area contributed by atoms with E-state index in [-0.39, 0.29) is 23.8 Å². The number of hydrogen-bond acceptors (Lipinski definition) is 2. The van der Waals surface area contributed by atoms with Gasteiger partial charge >= 0.3 is 0 Å². The largest absolute Gasteiger partial charge is 0.338 e. The maximum Gasteiger partial charge on any atom is 0.229 e. The van der Waals surface area contributed by atoms with Crippen molar-refractivity contribution in [2.75, 3.05) is 12.4 Å². The Morgan fingerprint density at radius 1 is 0.963 bits per heavy atom. The number of anilines is 1. The van der Waals surface area contributed by atoms with Gasteiger partial charge in [-0.15, -0.1) is 0 Å². The summed E-state index contributed by atoms with van der Waals surface area (Å²) in [6.07, 6.45) is 0.951. The third-order valence-electron chi connectivity index (χ3n) is 5.39. The molecule has 0 saturated carbocycles. The molecule has 1 aliphatic rings. The van der Waals surface area contributed by atoms with Crippen molar-refractivity contribution in [3.63, 3.8) is 0 Å². The number of likely N-dealkylation sites (tertiary alicyclic amines) is 1. The summed E-state index contributed by atoms with van der Waals surface area (Å²) in [6.45, 7) is 0. The number of amides is 2. The third-order valence-corrected chi connectivity index (χ3v) is 5.39. The number of nitrogens with one attached hydrogen (secondary N) is 1. The van der Waals surface area contributed by atoms with Gasteiger partial charge in [0.25, 0.3) is 0 Å². The Balaban J connectivity index is 1.66. The molecule has 2 amide bonds. The van der Waals surface area contributed by atoms with Crippen LogP contribution in [-0.2, 0) is 9.59 Å². The molecular formula is C23H22N2O2. The van der Waals surface area contributed by atoms with Crippen LogP contribution in [0.1, 0.15) is 24.4 Å². The van der Waals surface area contributed by atoms with Gasteiger partial charge in [0.1, 0.15) is 0 Å². The molecule has 0 radical (unpaired) electrons. The van der Waals surface area contributed by atoms with E-state index >= 15 is 0 Å². The minimum Gasteiger partial charge on any atom is -0.338 e. The Kier molecular flexibility index (Phi) is 4.63. The van der Waals surface area contributed by atoms with Crippen LogP contribution in [0.4, 0.5) is 5.69 Å². The van der Waals surface area contributed by atoms with E-state index in [1.54, 1.807) is 11.9 Å². The summed E-state index contributed by atoms with van der Waals surface area (Å²) in [5.74, 6) is -0.244. The van der Waals surface area contributed by atoms with E-state index in [1.165, 1.54) is 0 Å². The molecule has 0 spiro atoms. The number of carbonyl (C=O) groups excluding carboxylic acids is 2. The zero-order valence-corrected chi connectivity index (χ0v) is 15.3. The molecule has 0 aliphatic carbocycles. The van der Waals surface area contributed by atoms with Gasteiger partial charge in [0.15, 0.2) is 0 Å². The minimum atomic E-state index is -0.283. The molecular weight excluding hydrogens is 336 g/mol. The normalized spacial score (nSPS) is 19.9. The molecule has 4 rings (SSSR count). The van der Waals surface area contributed by atoms with Crippen LogP contribution in [0, 0.1) is 5.92 Å². The summed E-state index contributed by atoms with van der Waals surface area (Å²) in [6, 6.07) is 23.5. The monoisotopic (exact) mass is 358 g/mol. The summed E-state index contributed by atoms with van der Waals surface area (Å²) < 4.78 is 0. The number of benzene rings is 3. The molecule has 136 valence electrons. The van der Waals surface area contributed by atoms with Crippen LogP contribution < -0.4 is 5.32 Å². The molecule has 4 nitrogen and oxygen atoms in total. The second-order valence-electron chi connectivity index (χ2n) is 7.02. The minimum absolute atomic E-state index is 0.0421. The first kappa shape index (κ1) is 17.3. The molecule has 0 unspecified atom stereocenters. The zero-order valence-electron chi connectivity index (χ0n) is 15.3.